The third-order valence-corrected chi connectivity index (χ3v) is 4.57. The molecular formula is C18H13ClF7N5O. The van der Waals surface area contributed by atoms with E-state index in [2.05, 4.69) is 15.5 Å². The van der Waals surface area contributed by atoms with Gasteiger partial charge in [-0.3, -0.25) is 14.2 Å². The highest BCUT2D eigenvalue weighted by molar-refractivity contribution is 6.32. The SMILES string of the molecule is O=C(Cn1nc(C(F)F)c(Cl)c1C(F)F)Nc1cnn(Cc2cccc(C(F)(F)F)c2)c1. The Morgan fingerprint density at radius 2 is 1.88 bits per heavy atom. The molecule has 32 heavy (non-hydrogen) atoms. The van der Waals surface area contributed by atoms with Gasteiger partial charge in [0.1, 0.15) is 17.9 Å². The van der Waals surface area contributed by atoms with Crippen LogP contribution in [0.25, 0.3) is 0 Å². The Kier molecular flexibility index (Phi) is 6.77. The fraction of sp³-hybridized carbons (Fsp3) is 0.278. The summed E-state index contributed by atoms with van der Waals surface area (Å²) in [7, 11) is 0. The van der Waals surface area contributed by atoms with Crippen LogP contribution in [0.2, 0.25) is 5.02 Å². The largest absolute Gasteiger partial charge is 0.416 e. The van der Waals surface area contributed by atoms with Crippen LogP contribution in [0.3, 0.4) is 0 Å². The van der Waals surface area contributed by atoms with Gasteiger partial charge in [0.15, 0.2) is 0 Å². The van der Waals surface area contributed by atoms with Crippen molar-refractivity contribution in [2.75, 3.05) is 5.32 Å². The summed E-state index contributed by atoms with van der Waals surface area (Å²) in [5.41, 5.74) is -2.51. The second-order valence-electron chi connectivity index (χ2n) is 6.52. The summed E-state index contributed by atoms with van der Waals surface area (Å²) in [6.45, 7) is -0.868. The topological polar surface area (TPSA) is 64.7 Å². The predicted molar refractivity (Wildman–Crippen MR) is 98.6 cm³/mol. The van der Waals surface area contributed by atoms with Gasteiger partial charge < -0.3 is 5.32 Å². The average Bonchev–Trinajstić information content (AvgIpc) is 3.25. The van der Waals surface area contributed by atoms with Gasteiger partial charge in [-0.1, -0.05) is 23.7 Å². The van der Waals surface area contributed by atoms with Crippen LogP contribution in [0.1, 0.15) is 35.4 Å². The van der Waals surface area contributed by atoms with Gasteiger partial charge in [0.25, 0.3) is 12.9 Å². The number of rotatable bonds is 7. The zero-order chi connectivity index (χ0) is 23.6. The standard InChI is InChI=1S/C18H13ClF7N5O/c19-13-14(16(20)21)29-31(15(13)17(22)23)8-12(32)28-11-5-27-30(7-11)6-9-2-1-3-10(4-9)18(24,25)26/h1-5,7,16-17H,6,8H2,(H,28,32). The van der Waals surface area contributed by atoms with Gasteiger partial charge in [-0.25, -0.2) is 17.6 Å². The summed E-state index contributed by atoms with van der Waals surface area (Å²) < 4.78 is 92.1. The summed E-state index contributed by atoms with van der Waals surface area (Å²) in [4.78, 5) is 12.2. The van der Waals surface area contributed by atoms with Crippen molar-refractivity contribution in [1.82, 2.24) is 19.6 Å². The van der Waals surface area contributed by atoms with E-state index in [9.17, 15) is 35.5 Å². The van der Waals surface area contributed by atoms with Gasteiger partial charge in [-0.15, -0.1) is 0 Å². The van der Waals surface area contributed by atoms with E-state index in [1.165, 1.54) is 29.2 Å². The molecule has 0 saturated heterocycles. The molecule has 0 aliphatic rings. The number of nitrogens with zero attached hydrogens (tertiary/aromatic N) is 4. The maximum absolute atomic E-state index is 13.1. The number of benzene rings is 1. The van der Waals surface area contributed by atoms with E-state index in [1.807, 2.05) is 0 Å². The number of aromatic nitrogens is 4. The quantitative estimate of drug-likeness (QED) is 0.463. The van der Waals surface area contributed by atoms with E-state index in [0.717, 1.165) is 12.1 Å². The van der Waals surface area contributed by atoms with E-state index >= 15 is 0 Å². The first-order valence-corrected chi connectivity index (χ1v) is 9.14. The fourth-order valence-electron chi connectivity index (χ4n) is 2.82. The highest BCUT2D eigenvalue weighted by Gasteiger charge is 2.30. The lowest BCUT2D eigenvalue weighted by atomic mass is 10.1. The number of alkyl halides is 7. The molecule has 0 aliphatic heterocycles. The maximum atomic E-state index is 13.1. The van der Waals surface area contributed by atoms with Crippen LogP contribution in [0.15, 0.2) is 36.7 Å². The minimum absolute atomic E-state index is 0.0398. The van der Waals surface area contributed by atoms with Crippen molar-refractivity contribution in [1.29, 1.82) is 0 Å². The van der Waals surface area contributed by atoms with Crippen molar-refractivity contribution in [3.8, 4) is 0 Å². The van der Waals surface area contributed by atoms with Gasteiger partial charge in [0.05, 0.1) is 29.0 Å². The molecule has 0 spiro atoms. The number of carbonyl (C=O) groups is 1. The molecule has 14 heteroatoms. The first-order chi connectivity index (χ1) is 15.0. The summed E-state index contributed by atoms with van der Waals surface area (Å²) >= 11 is 5.52. The van der Waals surface area contributed by atoms with Crippen molar-refractivity contribution in [3.05, 3.63) is 64.2 Å². The predicted octanol–water partition coefficient (Wildman–Crippen LogP) is 5.31. The van der Waals surface area contributed by atoms with Crippen LogP contribution in [0, 0.1) is 0 Å². The molecule has 0 fully saturated rings. The van der Waals surface area contributed by atoms with E-state index < -0.39 is 53.5 Å². The third kappa shape index (κ3) is 5.39. The van der Waals surface area contributed by atoms with E-state index in [0.29, 0.717) is 10.2 Å². The lowest BCUT2D eigenvalue weighted by Gasteiger charge is -2.09. The maximum Gasteiger partial charge on any atom is 0.416 e. The lowest BCUT2D eigenvalue weighted by molar-refractivity contribution is -0.137. The molecule has 6 nitrogen and oxygen atoms in total. The van der Waals surface area contributed by atoms with Crippen LogP contribution >= 0.6 is 11.6 Å². The third-order valence-electron chi connectivity index (χ3n) is 4.18. The van der Waals surface area contributed by atoms with Crippen LogP contribution in [-0.2, 0) is 24.1 Å². The van der Waals surface area contributed by atoms with Crippen molar-refractivity contribution < 1.29 is 35.5 Å². The van der Waals surface area contributed by atoms with Crippen molar-refractivity contribution in [2.45, 2.75) is 32.1 Å². The van der Waals surface area contributed by atoms with Crippen molar-refractivity contribution >= 4 is 23.2 Å². The Bertz CT molecular complexity index is 1110. The smallest absolute Gasteiger partial charge is 0.322 e. The molecule has 0 saturated carbocycles. The Labute approximate surface area is 180 Å². The monoisotopic (exact) mass is 483 g/mol. The van der Waals surface area contributed by atoms with Gasteiger partial charge in [0.2, 0.25) is 5.91 Å². The number of amides is 1. The Morgan fingerprint density at radius 1 is 1.16 bits per heavy atom. The van der Waals surface area contributed by atoms with Crippen molar-refractivity contribution in [2.24, 2.45) is 0 Å². The van der Waals surface area contributed by atoms with Gasteiger partial charge >= 0.3 is 6.18 Å². The van der Waals surface area contributed by atoms with Crippen LogP contribution < -0.4 is 5.32 Å². The number of nitrogens with one attached hydrogen (secondary N) is 1. The molecule has 1 N–H and O–H groups in total. The van der Waals surface area contributed by atoms with Crippen molar-refractivity contribution in [3.63, 3.8) is 0 Å². The summed E-state index contributed by atoms with van der Waals surface area (Å²) in [5, 5.41) is 8.59. The molecular weight excluding hydrogens is 471 g/mol. The fourth-order valence-corrected chi connectivity index (χ4v) is 3.13. The Balaban J connectivity index is 1.69. The molecule has 0 radical (unpaired) electrons. The molecule has 3 rings (SSSR count). The van der Waals surface area contributed by atoms with Gasteiger partial charge in [-0.05, 0) is 17.7 Å². The summed E-state index contributed by atoms with van der Waals surface area (Å²) in [6.07, 6.45) is -8.48. The number of carbonyl (C=O) groups excluding carboxylic acids is 1. The second-order valence-corrected chi connectivity index (χ2v) is 6.89. The zero-order valence-electron chi connectivity index (χ0n) is 15.8. The second kappa shape index (κ2) is 9.18. The first kappa shape index (κ1) is 23.6. The Hall–Kier alpha value is -3.09. The number of hydrogen-bond donors (Lipinski definition) is 1. The molecule has 0 atom stereocenters. The molecule has 0 bridgehead atoms. The molecule has 3 aromatic rings. The molecule has 1 aromatic carbocycles. The van der Waals surface area contributed by atoms with Crippen LogP contribution in [0.5, 0.6) is 0 Å². The Morgan fingerprint density at radius 3 is 2.50 bits per heavy atom. The summed E-state index contributed by atoms with van der Waals surface area (Å²) in [5.74, 6) is -0.884. The first-order valence-electron chi connectivity index (χ1n) is 8.76. The molecule has 172 valence electrons. The molecule has 2 aromatic heterocycles. The minimum atomic E-state index is -4.50. The minimum Gasteiger partial charge on any atom is -0.322 e. The van der Waals surface area contributed by atoms with E-state index in [1.54, 1.807) is 0 Å². The zero-order valence-corrected chi connectivity index (χ0v) is 16.5. The van der Waals surface area contributed by atoms with Crippen LogP contribution in [0.4, 0.5) is 36.4 Å². The highest BCUT2D eigenvalue weighted by Crippen LogP contribution is 2.34. The number of hydrogen-bond acceptors (Lipinski definition) is 3. The lowest BCUT2D eigenvalue weighted by Crippen LogP contribution is -2.21. The summed E-state index contributed by atoms with van der Waals surface area (Å²) in [6, 6.07) is 4.58. The van der Waals surface area contributed by atoms with Gasteiger partial charge in [0, 0.05) is 6.20 Å². The van der Waals surface area contributed by atoms with Crippen LogP contribution in [-0.4, -0.2) is 25.5 Å². The van der Waals surface area contributed by atoms with E-state index in [-0.39, 0.29) is 12.2 Å². The molecule has 1 amide bonds. The normalized spacial score (nSPS) is 12.1. The molecule has 0 unspecified atom stereocenters. The van der Waals surface area contributed by atoms with E-state index in [4.69, 9.17) is 11.6 Å². The highest BCUT2D eigenvalue weighted by atomic mass is 35.5. The molecule has 2 heterocycles. The average molecular weight is 484 g/mol. The molecule has 0 aliphatic carbocycles. The number of anilines is 1. The number of halogens is 8. The van der Waals surface area contributed by atoms with Gasteiger partial charge in [-0.2, -0.15) is 23.4 Å².